The van der Waals surface area contributed by atoms with Gasteiger partial charge in [0.05, 0.1) is 18.6 Å². The van der Waals surface area contributed by atoms with Crippen LogP contribution in [-0.4, -0.2) is 64.0 Å². The lowest BCUT2D eigenvalue weighted by atomic mass is 10.0. The zero-order chi connectivity index (χ0) is 26.1. The second-order valence-electron chi connectivity index (χ2n) is 9.44. The van der Waals surface area contributed by atoms with Crippen LogP contribution >= 0.6 is 0 Å². The second-order valence-corrected chi connectivity index (χ2v) is 11.2. The first kappa shape index (κ1) is 26.5. The van der Waals surface area contributed by atoms with Gasteiger partial charge in [0, 0.05) is 0 Å². The molecule has 0 aromatic heterocycles. The topological polar surface area (TPSA) is 119 Å². The standard InChI is InChI=1S/C25H31NO9S/c1-24(2)31-15-19(33-24)21-22(35-25(3,4)34-21)20(23(27)30-5)26-36(28,29)18-13-11-17(12-14-18)32-16-9-7-6-8-10-16/h6-14,19-22,26H,15H2,1-5H3/t19-,20-,21-,22-/m1/s1. The number of nitrogens with one attached hydrogen (secondary N) is 1. The highest BCUT2D eigenvalue weighted by Crippen LogP contribution is 2.37. The predicted molar refractivity (Wildman–Crippen MR) is 128 cm³/mol. The molecule has 2 aromatic carbocycles. The van der Waals surface area contributed by atoms with Crippen LogP contribution in [0.25, 0.3) is 0 Å². The lowest BCUT2D eigenvalue weighted by Gasteiger charge is -2.28. The van der Waals surface area contributed by atoms with Crippen molar-refractivity contribution >= 4 is 16.0 Å². The van der Waals surface area contributed by atoms with Gasteiger partial charge in [0.25, 0.3) is 0 Å². The fraction of sp³-hybridized carbons (Fsp3) is 0.480. The largest absolute Gasteiger partial charge is 0.468 e. The lowest BCUT2D eigenvalue weighted by molar-refractivity contribution is -0.175. The van der Waals surface area contributed by atoms with E-state index < -0.39 is 51.9 Å². The number of benzene rings is 2. The Labute approximate surface area is 210 Å². The number of carbonyl (C=O) groups excluding carboxylic acids is 1. The minimum atomic E-state index is -4.16. The maximum Gasteiger partial charge on any atom is 0.326 e. The Kier molecular flexibility index (Phi) is 7.42. The number of ether oxygens (including phenoxy) is 6. The number of rotatable bonds is 8. The molecule has 36 heavy (non-hydrogen) atoms. The van der Waals surface area contributed by atoms with Crippen LogP contribution in [0.5, 0.6) is 11.5 Å². The van der Waals surface area contributed by atoms with Crippen LogP contribution in [0.2, 0.25) is 0 Å². The Balaban J connectivity index is 1.55. The number of carbonyl (C=O) groups is 1. The molecule has 11 heteroatoms. The van der Waals surface area contributed by atoms with Gasteiger partial charge >= 0.3 is 5.97 Å². The highest BCUT2D eigenvalue weighted by molar-refractivity contribution is 7.89. The molecule has 4 atom stereocenters. The number of hydrogen-bond acceptors (Lipinski definition) is 9. The molecule has 0 spiro atoms. The molecule has 1 N–H and O–H groups in total. The maximum atomic E-state index is 13.3. The van der Waals surface area contributed by atoms with E-state index in [2.05, 4.69) is 4.72 Å². The fourth-order valence-electron chi connectivity index (χ4n) is 4.16. The van der Waals surface area contributed by atoms with Crippen LogP contribution in [0, 0.1) is 0 Å². The van der Waals surface area contributed by atoms with Crippen molar-refractivity contribution in [3.05, 3.63) is 54.6 Å². The van der Waals surface area contributed by atoms with Gasteiger partial charge in [-0.3, -0.25) is 4.79 Å². The third kappa shape index (κ3) is 6.05. The molecule has 2 fully saturated rings. The Hall–Kier alpha value is -2.54. The number of sulfonamides is 1. The van der Waals surface area contributed by atoms with Crippen molar-refractivity contribution in [3.8, 4) is 11.5 Å². The second kappa shape index (κ2) is 10.1. The van der Waals surface area contributed by atoms with Gasteiger partial charge in [-0.15, -0.1) is 0 Å². The zero-order valence-electron chi connectivity index (χ0n) is 20.8. The predicted octanol–water partition coefficient (Wildman–Crippen LogP) is 2.97. The van der Waals surface area contributed by atoms with E-state index in [4.69, 9.17) is 28.4 Å². The van der Waals surface area contributed by atoms with Gasteiger partial charge < -0.3 is 28.4 Å². The molecule has 0 aliphatic carbocycles. The number of methoxy groups -OCH3 is 1. The molecule has 0 saturated carbocycles. The molecule has 2 aliphatic rings. The van der Waals surface area contributed by atoms with E-state index in [1.807, 2.05) is 18.2 Å². The normalized spacial score (nSPS) is 25.9. The SMILES string of the molecule is COC(=O)[C@H](NS(=O)(=O)c1ccc(Oc2ccccc2)cc1)[C@H]1OC(C)(C)O[C@@H]1[C@H]1COC(C)(C)O1. The molecule has 2 saturated heterocycles. The average Bonchev–Trinajstić information content (AvgIpc) is 3.35. The van der Waals surface area contributed by atoms with Gasteiger partial charge in [-0.2, -0.15) is 4.72 Å². The van der Waals surface area contributed by atoms with Crippen molar-refractivity contribution in [2.75, 3.05) is 13.7 Å². The van der Waals surface area contributed by atoms with Crippen molar-refractivity contribution in [1.29, 1.82) is 0 Å². The number of hydrogen-bond donors (Lipinski definition) is 1. The van der Waals surface area contributed by atoms with Gasteiger partial charge in [0.2, 0.25) is 10.0 Å². The molecule has 4 rings (SSSR count). The number of esters is 1. The van der Waals surface area contributed by atoms with Crippen LogP contribution < -0.4 is 9.46 Å². The summed E-state index contributed by atoms with van der Waals surface area (Å²) in [6, 6.07) is 13.5. The maximum absolute atomic E-state index is 13.3. The Morgan fingerprint density at radius 1 is 0.944 bits per heavy atom. The molecule has 0 amide bonds. The van der Waals surface area contributed by atoms with Crippen LogP contribution in [0.4, 0.5) is 0 Å². The highest BCUT2D eigenvalue weighted by Gasteiger charge is 2.54. The van der Waals surface area contributed by atoms with Crippen molar-refractivity contribution in [2.24, 2.45) is 0 Å². The van der Waals surface area contributed by atoms with E-state index in [1.165, 1.54) is 31.4 Å². The third-order valence-corrected chi connectivity index (χ3v) is 7.20. The minimum Gasteiger partial charge on any atom is -0.468 e. The summed E-state index contributed by atoms with van der Waals surface area (Å²) in [4.78, 5) is 12.7. The summed E-state index contributed by atoms with van der Waals surface area (Å²) in [6.45, 7) is 7.06. The van der Waals surface area contributed by atoms with Crippen LogP contribution in [0.1, 0.15) is 27.7 Å². The molecule has 0 bridgehead atoms. The van der Waals surface area contributed by atoms with Crippen molar-refractivity contribution < 1.29 is 41.6 Å². The lowest BCUT2D eigenvalue weighted by Crippen LogP contribution is -2.55. The Bertz CT molecular complexity index is 1170. The van der Waals surface area contributed by atoms with Crippen LogP contribution in [0.3, 0.4) is 0 Å². The Morgan fingerprint density at radius 3 is 2.17 bits per heavy atom. The van der Waals surface area contributed by atoms with Gasteiger partial charge in [-0.05, 0) is 64.1 Å². The molecule has 2 aromatic rings. The van der Waals surface area contributed by atoms with E-state index in [9.17, 15) is 13.2 Å². The van der Waals surface area contributed by atoms with Gasteiger partial charge in [-0.25, -0.2) is 8.42 Å². The van der Waals surface area contributed by atoms with Crippen molar-refractivity contribution in [2.45, 2.75) is 68.5 Å². The first-order valence-corrected chi connectivity index (χ1v) is 13.0. The van der Waals surface area contributed by atoms with Gasteiger partial charge in [0.1, 0.15) is 35.9 Å². The van der Waals surface area contributed by atoms with E-state index in [-0.39, 0.29) is 11.5 Å². The average molecular weight is 522 g/mol. The molecular weight excluding hydrogens is 490 g/mol. The quantitative estimate of drug-likeness (QED) is 0.523. The fourth-order valence-corrected chi connectivity index (χ4v) is 5.36. The van der Waals surface area contributed by atoms with E-state index in [0.29, 0.717) is 11.5 Å². The molecular formula is C25H31NO9S. The van der Waals surface area contributed by atoms with Crippen LogP contribution in [0.15, 0.2) is 59.5 Å². The number of para-hydroxylation sites is 1. The molecule has 2 heterocycles. The monoisotopic (exact) mass is 521 g/mol. The molecule has 0 radical (unpaired) electrons. The summed E-state index contributed by atoms with van der Waals surface area (Å²) in [5.74, 6) is -1.70. The van der Waals surface area contributed by atoms with Crippen molar-refractivity contribution in [1.82, 2.24) is 4.72 Å². The summed E-state index contributed by atoms with van der Waals surface area (Å²) in [6.07, 6.45) is -2.42. The molecule has 196 valence electrons. The first-order valence-electron chi connectivity index (χ1n) is 11.5. The van der Waals surface area contributed by atoms with Gasteiger partial charge in [-0.1, -0.05) is 18.2 Å². The molecule has 10 nitrogen and oxygen atoms in total. The molecule has 2 aliphatic heterocycles. The van der Waals surface area contributed by atoms with Crippen LogP contribution in [-0.2, 0) is 38.5 Å². The highest BCUT2D eigenvalue weighted by atomic mass is 32.2. The smallest absolute Gasteiger partial charge is 0.326 e. The van der Waals surface area contributed by atoms with E-state index in [1.54, 1.807) is 39.8 Å². The third-order valence-electron chi connectivity index (χ3n) is 5.74. The van der Waals surface area contributed by atoms with E-state index >= 15 is 0 Å². The summed E-state index contributed by atoms with van der Waals surface area (Å²) < 4.78 is 63.2. The summed E-state index contributed by atoms with van der Waals surface area (Å²) in [5.41, 5.74) is 0. The van der Waals surface area contributed by atoms with Gasteiger partial charge in [0.15, 0.2) is 11.6 Å². The van der Waals surface area contributed by atoms with Crippen molar-refractivity contribution in [3.63, 3.8) is 0 Å². The summed E-state index contributed by atoms with van der Waals surface area (Å²) in [5, 5.41) is 0. The summed E-state index contributed by atoms with van der Waals surface area (Å²) >= 11 is 0. The summed E-state index contributed by atoms with van der Waals surface area (Å²) in [7, 11) is -2.99. The zero-order valence-corrected chi connectivity index (χ0v) is 21.6. The minimum absolute atomic E-state index is 0.0619. The van der Waals surface area contributed by atoms with E-state index in [0.717, 1.165) is 0 Å². The molecule has 0 unspecified atom stereocenters. The Morgan fingerprint density at radius 2 is 1.58 bits per heavy atom. The first-order chi connectivity index (χ1) is 16.9.